The van der Waals surface area contributed by atoms with Gasteiger partial charge in [0, 0.05) is 25.9 Å². The second-order valence-electron chi connectivity index (χ2n) is 3.82. The Hall–Kier alpha value is -1.80. The van der Waals surface area contributed by atoms with Crippen LogP contribution >= 0.6 is 0 Å². The Labute approximate surface area is 104 Å². The Morgan fingerprint density at radius 1 is 0.667 bits per heavy atom. The van der Waals surface area contributed by atoms with Gasteiger partial charge in [-0.1, -0.05) is 0 Å². The number of hydrazine groups is 2. The van der Waals surface area contributed by atoms with Gasteiger partial charge in [0.25, 0.3) is 0 Å². The van der Waals surface area contributed by atoms with Gasteiger partial charge in [0.15, 0.2) is 0 Å². The highest BCUT2D eigenvalue weighted by Gasteiger charge is 2.15. The molecular formula is C10H16N4O4. The zero-order valence-corrected chi connectivity index (χ0v) is 9.88. The van der Waals surface area contributed by atoms with Crippen LogP contribution in [-0.4, -0.2) is 36.5 Å². The summed E-state index contributed by atoms with van der Waals surface area (Å²) >= 11 is 0. The van der Waals surface area contributed by atoms with E-state index in [-0.39, 0.29) is 11.6 Å². The average Bonchev–Trinajstić information content (AvgIpc) is 2.65. The summed E-state index contributed by atoms with van der Waals surface area (Å²) in [6, 6.07) is 0. The van der Waals surface area contributed by atoms with Crippen LogP contribution in [0, 0.1) is 0 Å². The smallest absolute Gasteiger partial charge is 0.289 e. The van der Waals surface area contributed by atoms with Crippen molar-refractivity contribution in [3.63, 3.8) is 0 Å². The number of nitrogens with one attached hydrogen (secondary N) is 4. The second kappa shape index (κ2) is 7.51. The van der Waals surface area contributed by atoms with E-state index in [1.807, 2.05) is 0 Å². The first kappa shape index (κ1) is 14.3. The van der Waals surface area contributed by atoms with Gasteiger partial charge in [0.2, 0.25) is 11.6 Å². The predicted molar refractivity (Wildman–Crippen MR) is 60.8 cm³/mol. The molecule has 0 aromatic carbocycles. The average molecular weight is 256 g/mol. The zero-order chi connectivity index (χ0) is 13.4. The molecule has 2 aliphatic heterocycles. The normalized spacial score (nSPS) is 20.9. The first-order valence-corrected chi connectivity index (χ1v) is 5.73. The van der Waals surface area contributed by atoms with Crippen molar-refractivity contribution in [2.75, 3.05) is 13.1 Å². The molecule has 0 aromatic heterocycles. The summed E-state index contributed by atoms with van der Waals surface area (Å²) in [6.07, 6.45) is 2.19. The third-order valence-electron chi connectivity index (χ3n) is 2.32. The van der Waals surface area contributed by atoms with E-state index in [9.17, 15) is 19.2 Å². The number of carbonyl (C=O) groups is 4. The van der Waals surface area contributed by atoms with Crippen LogP contribution in [0.1, 0.15) is 25.7 Å². The van der Waals surface area contributed by atoms with Gasteiger partial charge < -0.3 is 0 Å². The van der Waals surface area contributed by atoms with Crippen molar-refractivity contribution in [2.45, 2.75) is 25.7 Å². The maximum atomic E-state index is 10.6. The highest BCUT2D eigenvalue weighted by molar-refractivity contribution is 6.36. The Morgan fingerprint density at radius 2 is 1.06 bits per heavy atom. The highest BCUT2D eigenvalue weighted by atomic mass is 16.2. The maximum absolute atomic E-state index is 10.6. The molecule has 0 unspecified atom stereocenters. The molecule has 2 rings (SSSR count). The minimum absolute atomic E-state index is 0.333. The number of hydrogen-bond donors (Lipinski definition) is 4. The number of ketones is 2. The van der Waals surface area contributed by atoms with Crippen molar-refractivity contribution in [1.82, 2.24) is 21.7 Å². The molecule has 2 heterocycles. The molecule has 0 saturated carbocycles. The molecule has 0 aromatic rings. The van der Waals surface area contributed by atoms with E-state index in [0.29, 0.717) is 25.9 Å². The van der Waals surface area contributed by atoms with E-state index in [0.717, 1.165) is 12.8 Å². The summed E-state index contributed by atoms with van der Waals surface area (Å²) in [5.41, 5.74) is 9.73. The molecule has 100 valence electrons. The lowest BCUT2D eigenvalue weighted by molar-refractivity contribution is -0.137. The van der Waals surface area contributed by atoms with Crippen LogP contribution in [-0.2, 0) is 19.2 Å². The van der Waals surface area contributed by atoms with Gasteiger partial charge in [0.1, 0.15) is 0 Å². The van der Waals surface area contributed by atoms with Crippen LogP contribution in [0.15, 0.2) is 0 Å². The van der Waals surface area contributed by atoms with Crippen molar-refractivity contribution in [3.8, 4) is 0 Å². The number of Topliss-reactive ketones (excluding diaryl/α,β-unsaturated/α-hetero) is 2. The van der Waals surface area contributed by atoms with Crippen LogP contribution in [0.5, 0.6) is 0 Å². The van der Waals surface area contributed by atoms with E-state index in [4.69, 9.17) is 0 Å². The number of amides is 2. The second-order valence-corrected chi connectivity index (χ2v) is 3.82. The molecule has 8 heteroatoms. The summed E-state index contributed by atoms with van der Waals surface area (Å²) in [6.45, 7) is 1.36. The van der Waals surface area contributed by atoms with Crippen molar-refractivity contribution in [3.05, 3.63) is 0 Å². The Morgan fingerprint density at radius 3 is 1.44 bits per heavy atom. The van der Waals surface area contributed by atoms with Gasteiger partial charge in [-0.2, -0.15) is 0 Å². The van der Waals surface area contributed by atoms with Crippen molar-refractivity contribution >= 4 is 23.4 Å². The fraction of sp³-hybridized carbons (Fsp3) is 0.600. The molecule has 2 fully saturated rings. The number of hydrogen-bond acceptors (Lipinski definition) is 6. The lowest BCUT2D eigenvalue weighted by atomic mass is 10.2. The molecule has 4 N–H and O–H groups in total. The summed E-state index contributed by atoms with van der Waals surface area (Å²) in [4.78, 5) is 42.1. The first-order chi connectivity index (χ1) is 8.61. The van der Waals surface area contributed by atoms with E-state index >= 15 is 0 Å². The fourth-order valence-corrected chi connectivity index (χ4v) is 1.33. The lowest BCUT2D eigenvalue weighted by Gasteiger charge is -1.95. The predicted octanol–water partition coefficient (Wildman–Crippen LogP) is -2.06. The van der Waals surface area contributed by atoms with Crippen molar-refractivity contribution < 1.29 is 19.2 Å². The molecule has 2 amide bonds. The number of carbonyl (C=O) groups excluding carboxylic acids is 4. The minimum Gasteiger partial charge on any atom is -0.289 e. The standard InChI is InChI=1S/2C5H8N2O2/c2*8-4-2-1-3-6-7-5(4)9/h2*6H,1-3H2,(H,7,9). The van der Waals surface area contributed by atoms with Crippen LogP contribution in [0.3, 0.4) is 0 Å². The molecular weight excluding hydrogens is 240 g/mol. The van der Waals surface area contributed by atoms with E-state index in [1.54, 1.807) is 0 Å². The van der Waals surface area contributed by atoms with Crippen LogP contribution in [0.4, 0.5) is 0 Å². The van der Waals surface area contributed by atoms with Crippen molar-refractivity contribution in [1.29, 1.82) is 0 Å². The van der Waals surface area contributed by atoms with Gasteiger partial charge in [-0.05, 0) is 12.8 Å². The Kier molecular flexibility index (Phi) is 5.95. The summed E-state index contributed by atoms with van der Waals surface area (Å²) < 4.78 is 0. The fourth-order valence-electron chi connectivity index (χ4n) is 1.33. The van der Waals surface area contributed by atoms with Crippen LogP contribution < -0.4 is 21.7 Å². The van der Waals surface area contributed by atoms with Gasteiger partial charge in [-0.15, -0.1) is 0 Å². The SMILES string of the molecule is O=C1CCCNNC1=O.O=C1CCCNNC1=O. The molecule has 2 aliphatic rings. The lowest BCUT2D eigenvalue weighted by Crippen LogP contribution is -2.38. The molecule has 0 radical (unpaired) electrons. The molecule has 8 nitrogen and oxygen atoms in total. The highest BCUT2D eigenvalue weighted by Crippen LogP contribution is 1.92. The monoisotopic (exact) mass is 256 g/mol. The third kappa shape index (κ3) is 5.02. The van der Waals surface area contributed by atoms with Crippen LogP contribution in [0.25, 0.3) is 0 Å². The van der Waals surface area contributed by atoms with Crippen molar-refractivity contribution in [2.24, 2.45) is 0 Å². The van der Waals surface area contributed by atoms with Crippen LogP contribution in [0.2, 0.25) is 0 Å². The number of rotatable bonds is 0. The summed E-state index contributed by atoms with van der Waals surface area (Å²) in [5.74, 6) is -1.71. The van der Waals surface area contributed by atoms with Gasteiger partial charge in [-0.25, -0.2) is 10.9 Å². The summed E-state index contributed by atoms with van der Waals surface area (Å²) in [5, 5.41) is 0. The van der Waals surface area contributed by atoms with E-state index in [2.05, 4.69) is 21.7 Å². The van der Waals surface area contributed by atoms with Gasteiger partial charge in [0.05, 0.1) is 0 Å². The molecule has 0 atom stereocenters. The Bertz CT molecular complexity index is 290. The van der Waals surface area contributed by atoms with Gasteiger partial charge >= 0.3 is 11.8 Å². The van der Waals surface area contributed by atoms with E-state index < -0.39 is 11.8 Å². The van der Waals surface area contributed by atoms with E-state index in [1.165, 1.54) is 0 Å². The molecule has 0 bridgehead atoms. The first-order valence-electron chi connectivity index (χ1n) is 5.73. The molecule has 0 spiro atoms. The topological polar surface area (TPSA) is 116 Å². The molecule has 2 saturated heterocycles. The summed E-state index contributed by atoms with van der Waals surface area (Å²) in [7, 11) is 0. The largest absolute Gasteiger partial charge is 0.301 e. The quantitative estimate of drug-likeness (QED) is 0.370. The Balaban J connectivity index is 0.000000180. The molecule has 18 heavy (non-hydrogen) atoms. The maximum Gasteiger partial charge on any atom is 0.301 e. The minimum atomic E-state index is -0.521. The third-order valence-corrected chi connectivity index (χ3v) is 2.32. The molecule has 0 aliphatic carbocycles. The van der Waals surface area contributed by atoms with Gasteiger partial charge in [-0.3, -0.25) is 30.0 Å². The zero-order valence-electron chi connectivity index (χ0n) is 9.88.